The highest BCUT2D eigenvalue weighted by Crippen LogP contribution is 2.22. The van der Waals surface area contributed by atoms with Crippen LogP contribution in [0.3, 0.4) is 0 Å². The van der Waals surface area contributed by atoms with E-state index in [0.29, 0.717) is 19.0 Å². The van der Waals surface area contributed by atoms with Gasteiger partial charge in [0.25, 0.3) is 0 Å². The molecule has 0 bridgehead atoms. The predicted octanol–water partition coefficient (Wildman–Crippen LogP) is 0.689. The van der Waals surface area contributed by atoms with Gasteiger partial charge in [0, 0.05) is 31.3 Å². The molecule has 1 heterocycles. The highest BCUT2D eigenvalue weighted by Gasteiger charge is 2.24. The van der Waals surface area contributed by atoms with Crippen molar-refractivity contribution in [2.45, 2.75) is 25.8 Å². The standard InChI is InChI=1S/C9H18N2OS/c1-2-11(9(12)3-5-10)8-4-6-13-7-8/h8H,2-7,10H2,1H3/t8-/m0/s1. The first-order chi connectivity index (χ1) is 6.29. The number of carbonyl (C=O) groups is 1. The third-order valence-corrected chi connectivity index (χ3v) is 3.51. The Morgan fingerprint density at radius 3 is 2.92 bits per heavy atom. The van der Waals surface area contributed by atoms with Gasteiger partial charge in [0.2, 0.25) is 5.91 Å². The topological polar surface area (TPSA) is 46.3 Å². The van der Waals surface area contributed by atoms with Crippen LogP contribution >= 0.6 is 11.8 Å². The number of amides is 1. The van der Waals surface area contributed by atoms with E-state index >= 15 is 0 Å². The highest BCUT2D eigenvalue weighted by molar-refractivity contribution is 7.99. The minimum atomic E-state index is 0.220. The van der Waals surface area contributed by atoms with E-state index in [1.54, 1.807) is 0 Å². The summed E-state index contributed by atoms with van der Waals surface area (Å²) in [6.45, 7) is 3.33. The Labute approximate surface area is 84.0 Å². The summed E-state index contributed by atoms with van der Waals surface area (Å²) in [4.78, 5) is 13.6. The van der Waals surface area contributed by atoms with Gasteiger partial charge in [-0.15, -0.1) is 0 Å². The molecule has 1 aliphatic heterocycles. The molecule has 3 nitrogen and oxygen atoms in total. The van der Waals surface area contributed by atoms with Crippen LogP contribution in [0.25, 0.3) is 0 Å². The van der Waals surface area contributed by atoms with Crippen molar-refractivity contribution in [1.82, 2.24) is 4.90 Å². The Kier molecular flexibility index (Phi) is 4.59. The van der Waals surface area contributed by atoms with E-state index < -0.39 is 0 Å². The van der Waals surface area contributed by atoms with Gasteiger partial charge in [0.15, 0.2) is 0 Å². The second kappa shape index (κ2) is 5.50. The van der Waals surface area contributed by atoms with E-state index in [2.05, 4.69) is 0 Å². The monoisotopic (exact) mass is 202 g/mol. The lowest BCUT2D eigenvalue weighted by atomic mass is 10.2. The van der Waals surface area contributed by atoms with Crippen LogP contribution in [0.15, 0.2) is 0 Å². The summed E-state index contributed by atoms with van der Waals surface area (Å²) in [5.74, 6) is 2.51. The molecule has 1 rings (SSSR count). The number of nitrogens with two attached hydrogens (primary N) is 1. The van der Waals surface area contributed by atoms with Gasteiger partial charge in [-0.3, -0.25) is 4.79 Å². The zero-order chi connectivity index (χ0) is 9.68. The fraction of sp³-hybridized carbons (Fsp3) is 0.889. The van der Waals surface area contributed by atoms with Crippen LogP contribution in [0.1, 0.15) is 19.8 Å². The number of carbonyl (C=O) groups excluding carboxylic acids is 1. The van der Waals surface area contributed by atoms with Gasteiger partial charge >= 0.3 is 0 Å². The molecule has 0 saturated carbocycles. The Balaban J connectivity index is 2.44. The molecule has 1 aliphatic rings. The smallest absolute Gasteiger partial charge is 0.224 e. The van der Waals surface area contributed by atoms with E-state index in [1.165, 1.54) is 5.75 Å². The molecule has 0 aromatic carbocycles. The lowest BCUT2D eigenvalue weighted by Crippen LogP contribution is -2.40. The minimum Gasteiger partial charge on any atom is -0.339 e. The fourth-order valence-corrected chi connectivity index (χ4v) is 2.90. The van der Waals surface area contributed by atoms with Crippen LogP contribution in [0.4, 0.5) is 0 Å². The minimum absolute atomic E-state index is 0.220. The molecule has 1 atom stereocenters. The number of rotatable bonds is 4. The van der Waals surface area contributed by atoms with E-state index in [-0.39, 0.29) is 5.91 Å². The van der Waals surface area contributed by atoms with Crippen LogP contribution in [0.2, 0.25) is 0 Å². The van der Waals surface area contributed by atoms with E-state index in [0.717, 1.165) is 18.7 Å². The maximum atomic E-state index is 11.6. The molecule has 1 saturated heterocycles. The molecule has 1 fully saturated rings. The first-order valence-electron chi connectivity index (χ1n) is 4.86. The number of hydrogen-bond acceptors (Lipinski definition) is 3. The second-order valence-corrected chi connectivity index (χ2v) is 4.39. The van der Waals surface area contributed by atoms with Crippen molar-refractivity contribution < 1.29 is 4.79 Å². The average Bonchev–Trinajstić information content (AvgIpc) is 2.59. The molecule has 76 valence electrons. The van der Waals surface area contributed by atoms with E-state index in [9.17, 15) is 4.79 Å². The first-order valence-corrected chi connectivity index (χ1v) is 6.02. The summed E-state index contributed by atoms with van der Waals surface area (Å²) in [5.41, 5.74) is 5.37. The zero-order valence-corrected chi connectivity index (χ0v) is 8.98. The van der Waals surface area contributed by atoms with Crippen molar-refractivity contribution in [3.05, 3.63) is 0 Å². The normalized spacial score (nSPS) is 21.8. The number of thioether (sulfide) groups is 1. The third-order valence-electron chi connectivity index (χ3n) is 2.37. The summed E-state index contributed by atoms with van der Waals surface area (Å²) in [7, 11) is 0. The third kappa shape index (κ3) is 2.88. The summed E-state index contributed by atoms with van der Waals surface area (Å²) < 4.78 is 0. The van der Waals surface area contributed by atoms with Crippen molar-refractivity contribution in [2.75, 3.05) is 24.6 Å². The van der Waals surface area contributed by atoms with Gasteiger partial charge in [0.1, 0.15) is 0 Å². The summed E-state index contributed by atoms with van der Waals surface area (Å²) in [6.07, 6.45) is 1.64. The van der Waals surface area contributed by atoms with E-state index in [4.69, 9.17) is 5.73 Å². The second-order valence-electron chi connectivity index (χ2n) is 3.24. The molecular formula is C9H18N2OS. The van der Waals surface area contributed by atoms with Crippen LogP contribution in [-0.4, -0.2) is 41.4 Å². The number of nitrogens with zero attached hydrogens (tertiary/aromatic N) is 1. The fourth-order valence-electron chi connectivity index (χ4n) is 1.67. The van der Waals surface area contributed by atoms with Crippen molar-refractivity contribution in [3.8, 4) is 0 Å². The molecule has 4 heteroatoms. The maximum Gasteiger partial charge on any atom is 0.224 e. The van der Waals surface area contributed by atoms with Crippen molar-refractivity contribution in [1.29, 1.82) is 0 Å². The van der Waals surface area contributed by atoms with Gasteiger partial charge in [-0.2, -0.15) is 11.8 Å². The molecule has 1 amide bonds. The summed E-state index contributed by atoms with van der Waals surface area (Å²) in [6, 6.07) is 0.467. The lowest BCUT2D eigenvalue weighted by molar-refractivity contribution is -0.132. The predicted molar refractivity (Wildman–Crippen MR) is 56.8 cm³/mol. The van der Waals surface area contributed by atoms with Crippen LogP contribution in [0, 0.1) is 0 Å². The molecule has 0 aliphatic carbocycles. The average molecular weight is 202 g/mol. The largest absolute Gasteiger partial charge is 0.339 e. The highest BCUT2D eigenvalue weighted by atomic mass is 32.2. The van der Waals surface area contributed by atoms with Crippen molar-refractivity contribution >= 4 is 17.7 Å². The molecule has 0 spiro atoms. The Morgan fingerprint density at radius 1 is 1.69 bits per heavy atom. The van der Waals surface area contributed by atoms with E-state index in [1.807, 2.05) is 23.6 Å². The van der Waals surface area contributed by atoms with Gasteiger partial charge in [-0.25, -0.2) is 0 Å². The van der Waals surface area contributed by atoms with Crippen LogP contribution in [0.5, 0.6) is 0 Å². The Hall–Kier alpha value is -0.220. The summed E-state index contributed by atoms with van der Waals surface area (Å²) >= 11 is 1.94. The molecular weight excluding hydrogens is 184 g/mol. The lowest BCUT2D eigenvalue weighted by Gasteiger charge is -2.27. The van der Waals surface area contributed by atoms with Gasteiger partial charge in [-0.1, -0.05) is 0 Å². The molecule has 0 radical (unpaired) electrons. The molecule has 0 unspecified atom stereocenters. The Bertz CT molecular complexity index is 169. The van der Waals surface area contributed by atoms with Gasteiger partial charge < -0.3 is 10.6 Å². The van der Waals surface area contributed by atoms with Crippen LogP contribution in [-0.2, 0) is 4.79 Å². The van der Waals surface area contributed by atoms with Crippen LogP contribution < -0.4 is 5.73 Å². The van der Waals surface area contributed by atoms with Gasteiger partial charge in [-0.05, 0) is 19.1 Å². The Morgan fingerprint density at radius 2 is 2.46 bits per heavy atom. The zero-order valence-electron chi connectivity index (χ0n) is 8.16. The van der Waals surface area contributed by atoms with Crippen molar-refractivity contribution in [3.63, 3.8) is 0 Å². The first kappa shape index (κ1) is 10.9. The molecule has 13 heavy (non-hydrogen) atoms. The quantitative estimate of drug-likeness (QED) is 0.729. The SMILES string of the molecule is CCN(C(=O)CCN)[C@H]1CCSC1. The summed E-state index contributed by atoms with van der Waals surface area (Å²) in [5, 5.41) is 0. The molecule has 0 aromatic heterocycles. The van der Waals surface area contributed by atoms with Crippen molar-refractivity contribution in [2.24, 2.45) is 5.73 Å². The molecule has 0 aromatic rings. The molecule has 2 N–H and O–H groups in total. The number of hydrogen-bond donors (Lipinski definition) is 1. The maximum absolute atomic E-state index is 11.6. The van der Waals surface area contributed by atoms with Gasteiger partial charge in [0.05, 0.1) is 0 Å².